The largest absolute Gasteiger partial charge is 0.444 e. The van der Waals surface area contributed by atoms with Gasteiger partial charge in [0.2, 0.25) is 0 Å². The Kier molecular flexibility index (Phi) is 4.45. The first kappa shape index (κ1) is 13.4. The molecule has 0 aliphatic rings. The van der Waals surface area contributed by atoms with E-state index in [9.17, 15) is 4.79 Å². The van der Waals surface area contributed by atoms with E-state index in [4.69, 9.17) is 10.5 Å². The highest BCUT2D eigenvalue weighted by atomic mass is 16.6. The Labute approximate surface area is 101 Å². The molecule has 0 unspecified atom stereocenters. The van der Waals surface area contributed by atoms with Crippen LogP contribution in [0, 0.1) is 0 Å². The molecule has 17 heavy (non-hydrogen) atoms. The molecule has 1 aromatic rings. The molecule has 94 valence electrons. The highest BCUT2D eigenvalue weighted by Crippen LogP contribution is 2.08. The SMILES string of the molecule is CC(C)(C)OC(=O)NCc1cnccc1CN. The number of carbonyl (C=O) groups is 1. The molecule has 0 aliphatic carbocycles. The van der Waals surface area contributed by atoms with Gasteiger partial charge in [-0.15, -0.1) is 0 Å². The van der Waals surface area contributed by atoms with Gasteiger partial charge in [-0.05, 0) is 38.0 Å². The van der Waals surface area contributed by atoms with E-state index in [1.807, 2.05) is 26.8 Å². The van der Waals surface area contributed by atoms with Gasteiger partial charge in [-0.3, -0.25) is 4.98 Å². The number of nitrogens with zero attached hydrogens (tertiary/aromatic N) is 1. The molecule has 0 aromatic carbocycles. The number of aromatic nitrogens is 1. The van der Waals surface area contributed by atoms with Gasteiger partial charge in [-0.1, -0.05) is 0 Å². The zero-order chi connectivity index (χ0) is 12.9. The smallest absolute Gasteiger partial charge is 0.407 e. The summed E-state index contributed by atoms with van der Waals surface area (Å²) in [4.78, 5) is 15.4. The van der Waals surface area contributed by atoms with Crippen molar-refractivity contribution < 1.29 is 9.53 Å². The van der Waals surface area contributed by atoms with Crippen LogP contribution in [-0.4, -0.2) is 16.7 Å². The van der Waals surface area contributed by atoms with Crippen LogP contribution in [0.25, 0.3) is 0 Å². The molecule has 1 rings (SSSR count). The van der Waals surface area contributed by atoms with E-state index in [1.54, 1.807) is 12.4 Å². The molecule has 1 heterocycles. The fraction of sp³-hybridized carbons (Fsp3) is 0.500. The van der Waals surface area contributed by atoms with Crippen LogP contribution in [0.15, 0.2) is 18.5 Å². The summed E-state index contributed by atoms with van der Waals surface area (Å²) in [6, 6.07) is 1.84. The Morgan fingerprint density at radius 2 is 2.18 bits per heavy atom. The number of ether oxygens (including phenoxy) is 1. The first-order chi connectivity index (χ1) is 7.92. The number of amides is 1. The second-order valence-electron chi connectivity index (χ2n) is 4.70. The lowest BCUT2D eigenvalue weighted by Gasteiger charge is -2.19. The molecule has 5 heteroatoms. The average Bonchev–Trinajstić information content (AvgIpc) is 2.24. The number of nitrogens with one attached hydrogen (secondary N) is 1. The summed E-state index contributed by atoms with van der Waals surface area (Å²) in [6.45, 7) is 6.26. The lowest BCUT2D eigenvalue weighted by molar-refractivity contribution is 0.0523. The van der Waals surface area contributed by atoms with E-state index in [0.717, 1.165) is 11.1 Å². The van der Waals surface area contributed by atoms with Crippen molar-refractivity contribution >= 4 is 6.09 Å². The summed E-state index contributed by atoms with van der Waals surface area (Å²) in [5, 5.41) is 2.67. The van der Waals surface area contributed by atoms with E-state index in [-0.39, 0.29) is 0 Å². The maximum Gasteiger partial charge on any atom is 0.407 e. The highest BCUT2D eigenvalue weighted by Gasteiger charge is 2.15. The van der Waals surface area contributed by atoms with Gasteiger partial charge >= 0.3 is 6.09 Å². The van der Waals surface area contributed by atoms with Gasteiger partial charge in [0.15, 0.2) is 0 Å². The minimum atomic E-state index is -0.490. The van der Waals surface area contributed by atoms with Crippen molar-refractivity contribution in [3.8, 4) is 0 Å². The molecule has 0 radical (unpaired) electrons. The van der Waals surface area contributed by atoms with Gasteiger partial charge in [0, 0.05) is 25.5 Å². The summed E-state index contributed by atoms with van der Waals surface area (Å²) in [5.41, 5.74) is 6.97. The molecular formula is C12H19N3O2. The highest BCUT2D eigenvalue weighted by molar-refractivity contribution is 5.67. The number of hydrogen-bond acceptors (Lipinski definition) is 4. The summed E-state index contributed by atoms with van der Waals surface area (Å²) < 4.78 is 5.13. The molecule has 0 fully saturated rings. The second-order valence-corrected chi connectivity index (χ2v) is 4.70. The van der Waals surface area contributed by atoms with E-state index >= 15 is 0 Å². The van der Waals surface area contributed by atoms with Crippen LogP contribution in [0.4, 0.5) is 4.79 Å². The number of rotatable bonds is 3. The van der Waals surface area contributed by atoms with Gasteiger partial charge in [-0.25, -0.2) is 4.79 Å². The molecule has 0 aliphatic heterocycles. The number of nitrogens with two attached hydrogens (primary N) is 1. The van der Waals surface area contributed by atoms with E-state index in [0.29, 0.717) is 13.1 Å². The average molecular weight is 237 g/mol. The maximum atomic E-state index is 11.4. The van der Waals surface area contributed by atoms with E-state index < -0.39 is 11.7 Å². The van der Waals surface area contributed by atoms with Gasteiger partial charge in [0.1, 0.15) is 5.60 Å². The van der Waals surface area contributed by atoms with Gasteiger partial charge in [-0.2, -0.15) is 0 Å². The predicted octanol–water partition coefficient (Wildman–Crippen LogP) is 1.56. The van der Waals surface area contributed by atoms with E-state index in [1.165, 1.54) is 0 Å². The number of carbonyl (C=O) groups excluding carboxylic acids is 1. The number of pyridine rings is 1. The third-order valence-electron chi connectivity index (χ3n) is 2.05. The van der Waals surface area contributed by atoms with Crippen molar-refractivity contribution in [3.63, 3.8) is 0 Å². The molecule has 1 aromatic heterocycles. The third kappa shape index (κ3) is 4.82. The normalized spacial score (nSPS) is 11.1. The van der Waals surface area contributed by atoms with Crippen molar-refractivity contribution in [1.29, 1.82) is 0 Å². The van der Waals surface area contributed by atoms with Crippen molar-refractivity contribution in [2.75, 3.05) is 0 Å². The summed E-state index contributed by atoms with van der Waals surface area (Å²) >= 11 is 0. The van der Waals surface area contributed by atoms with Crippen molar-refractivity contribution in [2.24, 2.45) is 5.73 Å². The molecule has 1 amide bonds. The Bertz CT molecular complexity index is 386. The maximum absolute atomic E-state index is 11.4. The Hall–Kier alpha value is -1.62. The van der Waals surface area contributed by atoms with Crippen LogP contribution in [0.5, 0.6) is 0 Å². The minimum Gasteiger partial charge on any atom is -0.444 e. The summed E-state index contributed by atoms with van der Waals surface area (Å²) in [6.07, 6.45) is 2.93. The second kappa shape index (κ2) is 5.63. The Morgan fingerprint density at radius 1 is 1.47 bits per heavy atom. The van der Waals surface area contributed by atoms with Crippen LogP contribution in [0.3, 0.4) is 0 Å². The Morgan fingerprint density at radius 3 is 2.76 bits per heavy atom. The van der Waals surface area contributed by atoms with Gasteiger partial charge in [0.05, 0.1) is 0 Å². The first-order valence-corrected chi connectivity index (χ1v) is 5.51. The van der Waals surface area contributed by atoms with E-state index in [2.05, 4.69) is 10.3 Å². The Balaban J connectivity index is 2.53. The predicted molar refractivity (Wildman–Crippen MR) is 65.2 cm³/mol. The minimum absolute atomic E-state index is 0.370. The molecule has 3 N–H and O–H groups in total. The fourth-order valence-corrected chi connectivity index (χ4v) is 1.30. The topological polar surface area (TPSA) is 77.2 Å². The number of hydrogen-bond donors (Lipinski definition) is 2. The molecule has 0 atom stereocenters. The van der Waals surface area contributed by atoms with Gasteiger partial charge < -0.3 is 15.8 Å². The molecule has 0 bridgehead atoms. The van der Waals surface area contributed by atoms with Crippen LogP contribution in [-0.2, 0) is 17.8 Å². The van der Waals surface area contributed by atoms with Crippen LogP contribution >= 0.6 is 0 Å². The molecular weight excluding hydrogens is 218 g/mol. The van der Waals surface area contributed by atoms with Crippen LogP contribution in [0.1, 0.15) is 31.9 Å². The quantitative estimate of drug-likeness (QED) is 0.836. The lowest BCUT2D eigenvalue weighted by atomic mass is 10.1. The number of alkyl carbamates (subject to hydrolysis) is 1. The van der Waals surface area contributed by atoms with Crippen LogP contribution in [0.2, 0.25) is 0 Å². The molecule has 0 spiro atoms. The lowest BCUT2D eigenvalue weighted by Crippen LogP contribution is -2.32. The van der Waals surface area contributed by atoms with Gasteiger partial charge in [0.25, 0.3) is 0 Å². The molecule has 0 saturated heterocycles. The van der Waals surface area contributed by atoms with Crippen molar-refractivity contribution in [1.82, 2.24) is 10.3 Å². The monoisotopic (exact) mass is 237 g/mol. The standard InChI is InChI=1S/C12H19N3O2/c1-12(2,3)17-11(16)15-8-10-7-14-5-4-9(10)6-13/h4-5,7H,6,8,13H2,1-3H3,(H,15,16). The fourth-order valence-electron chi connectivity index (χ4n) is 1.30. The van der Waals surface area contributed by atoms with Crippen molar-refractivity contribution in [2.45, 2.75) is 39.5 Å². The summed E-state index contributed by atoms with van der Waals surface area (Å²) in [5.74, 6) is 0. The van der Waals surface area contributed by atoms with Crippen LogP contribution < -0.4 is 11.1 Å². The zero-order valence-corrected chi connectivity index (χ0v) is 10.5. The third-order valence-corrected chi connectivity index (χ3v) is 2.05. The first-order valence-electron chi connectivity index (χ1n) is 5.51. The van der Waals surface area contributed by atoms with Crippen molar-refractivity contribution in [3.05, 3.63) is 29.6 Å². The molecule has 0 saturated carbocycles. The summed E-state index contributed by atoms with van der Waals surface area (Å²) in [7, 11) is 0. The molecule has 5 nitrogen and oxygen atoms in total. The zero-order valence-electron chi connectivity index (χ0n) is 10.5.